The lowest BCUT2D eigenvalue weighted by Gasteiger charge is -2.11. The molecular formula is C62H39N3O. The molecule has 0 amide bonds. The smallest absolute Gasteiger partial charge is 0.213 e. The van der Waals surface area contributed by atoms with Gasteiger partial charge in [0.25, 0.3) is 0 Å². The minimum Gasteiger partial charge on any atom is -0.439 e. The van der Waals surface area contributed by atoms with E-state index in [1.807, 2.05) is 0 Å². The fraction of sp³-hybridized carbons (Fsp3) is 0. The Hall–Kier alpha value is -8.86. The summed E-state index contributed by atoms with van der Waals surface area (Å²) in [7, 11) is 0. The molecule has 0 saturated carbocycles. The van der Waals surface area contributed by atoms with Crippen LogP contribution in [0, 0.1) is 0 Å². The number of benzene rings is 10. The van der Waals surface area contributed by atoms with Crippen LogP contribution in [-0.2, 0) is 0 Å². The molecule has 0 aliphatic heterocycles. The molecule has 0 fully saturated rings. The van der Waals surface area contributed by atoms with Crippen molar-refractivity contribution < 1.29 is 4.42 Å². The van der Waals surface area contributed by atoms with E-state index in [4.69, 9.17) is 4.42 Å². The molecule has 14 aromatic rings. The van der Waals surface area contributed by atoms with Gasteiger partial charge in [0.05, 0.1) is 33.0 Å². The van der Waals surface area contributed by atoms with E-state index in [0.717, 1.165) is 55.8 Å². The maximum absolute atomic E-state index is 6.76. The van der Waals surface area contributed by atoms with Gasteiger partial charge in [-0.05, 0) is 124 Å². The van der Waals surface area contributed by atoms with Crippen molar-refractivity contribution in [1.82, 2.24) is 13.7 Å². The van der Waals surface area contributed by atoms with Crippen LogP contribution in [0.3, 0.4) is 0 Å². The first-order chi connectivity index (χ1) is 32.7. The summed E-state index contributed by atoms with van der Waals surface area (Å²) in [5, 5.41) is 8.38. The van der Waals surface area contributed by atoms with Crippen LogP contribution in [0.25, 0.3) is 127 Å². The minimum absolute atomic E-state index is 0.861. The van der Waals surface area contributed by atoms with Crippen molar-refractivity contribution in [2.45, 2.75) is 0 Å². The second kappa shape index (κ2) is 14.3. The van der Waals surface area contributed by atoms with Crippen molar-refractivity contribution in [2.75, 3.05) is 0 Å². The van der Waals surface area contributed by atoms with Gasteiger partial charge in [0, 0.05) is 49.4 Å². The topological polar surface area (TPSA) is 27.9 Å². The molecule has 0 bridgehead atoms. The third-order valence-electron chi connectivity index (χ3n) is 13.7. The number of hydrogen-bond donors (Lipinski definition) is 0. The third kappa shape index (κ3) is 5.45. The molecule has 14 rings (SSSR count). The van der Waals surface area contributed by atoms with Gasteiger partial charge in [0.2, 0.25) is 5.71 Å². The number of furan rings is 1. The number of rotatable bonds is 6. The van der Waals surface area contributed by atoms with Crippen LogP contribution in [-0.4, -0.2) is 13.7 Å². The lowest BCUT2D eigenvalue weighted by atomic mass is 9.99. The molecular weight excluding hydrogens is 803 g/mol. The van der Waals surface area contributed by atoms with Crippen molar-refractivity contribution in [3.8, 4) is 50.4 Å². The molecule has 10 aromatic carbocycles. The normalized spacial score (nSPS) is 11.9. The lowest BCUT2D eigenvalue weighted by Crippen LogP contribution is -1.94. The molecule has 0 aliphatic carbocycles. The molecule has 0 N–H and O–H groups in total. The largest absolute Gasteiger partial charge is 0.439 e. The average Bonchev–Trinajstić information content (AvgIpc) is 4.12. The van der Waals surface area contributed by atoms with Gasteiger partial charge in [0.1, 0.15) is 5.58 Å². The minimum atomic E-state index is 0.861. The predicted octanol–water partition coefficient (Wildman–Crippen LogP) is 16.7. The maximum atomic E-state index is 6.76. The van der Waals surface area contributed by atoms with Crippen molar-refractivity contribution >= 4 is 76.6 Å². The number of nitrogens with zero attached hydrogens (tertiary/aromatic N) is 3. The molecule has 0 atom stereocenters. The maximum Gasteiger partial charge on any atom is 0.213 e. The van der Waals surface area contributed by atoms with Crippen LogP contribution in [0.4, 0.5) is 0 Å². The van der Waals surface area contributed by atoms with Crippen LogP contribution in [0.15, 0.2) is 241 Å². The lowest BCUT2D eigenvalue weighted by molar-refractivity contribution is 0.645. The van der Waals surface area contributed by atoms with Gasteiger partial charge in [-0.1, -0.05) is 146 Å². The molecule has 4 heterocycles. The quantitative estimate of drug-likeness (QED) is 0.164. The Morgan fingerprint density at radius 3 is 1.30 bits per heavy atom. The van der Waals surface area contributed by atoms with Crippen LogP contribution in [0.5, 0.6) is 0 Å². The molecule has 0 saturated heterocycles. The van der Waals surface area contributed by atoms with Gasteiger partial charge >= 0.3 is 0 Å². The van der Waals surface area contributed by atoms with E-state index in [1.54, 1.807) is 0 Å². The SMILES string of the molecule is c1ccc(-c2ccc3c(c2)c2cc(-c4ccc5c(c4)c4ccccc4n5-c4ccccc4)ccc2n3-c2ccc(-c3cccc4oc5c(c6ccccc6n5-c5ccccc5)c34)cc2)cc1. The van der Waals surface area contributed by atoms with E-state index >= 15 is 0 Å². The molecule has 4 heteroatoms. The summed E-state index contributed by atoms with van der Waals surface area (Å²) in [6, 6.07) is 85.6. The first-order valence-corrected chi connectivity index (χ1v) is 22.6. The number of hydrogen-bond acceptors (Lipinski definition) is 1. The Labute approximate surface area is 380 Å². The highest BCUT2D eigenvalue weighted by Crippen LogP contribution is 2.44. The van der Waals surface area contributed by atoms with E-state index in [1.165, 1.54) is 71.3 Å². The summed E-state index contributed by atoms with van der Waals surface area (Å²) in [5.41, 5.74) is 18.0. The van der Waals surface area contributed by atoms with Crippen molar-refractivity contribution in [3.05, 3.63) is 237 Å². The zero-order valence-electron chi connectivity index (χ0n) is 35.8. The summed E-state index contributed by atoms with van der Waals surface area (Å²) in [4.78, 5) is 0. The van der Waals surface area contributed by atoms with Crippen LogP contribution >= 0.6 is 0 Å². The molecule has 0 spiro atoms. The fourth-order valence-corrected chi connectivity index (χ4v) is 10.7. The Balaban J connectivity index is 0.927. The summed E-state index contributed by atoms with van der Waals surface area (Å²) in [6.45, 7) is 0. The molecule has 0 aliphatic rings. The number of para-hydroxylation sites is 4. The third-order valence-corrected chi connectivity index (χ3v) is 13.7. The molecule has 308 valence electrons. The molecule has 0 unspecified atom stereocenters. The number of fused-ring (bicyclic) bond motifs is 11. The van der Waals surface area contributed by atoms with Gasteiger partial charge in [-0.15, -0.1) is 0 Å². The van der Waals surface area contributed by atoms with Crippen LogP contribution in [0.1, 0.15) is 0 Å². The van der Waals surface area contributed by atoms with E-state index < -0.39 is 0 Å². The zero-order valence-corrected chi connectivity index (χ0v) is 35.8. The highest BCUT2D eigenvalue weighted by molar-refractivity contribution is 6.23. The summed E-state index contributed by atoms with van der Waals surface area (Å²) in [6.07, 6.45) is 0. The van der Waals surface area contributed by atoms with Gasteiger partial charge in [-0.25, -0.2) is 0 Å². The monoisotopic (exact) mass is 841 g/mol. The second-order valence-electron chi connectivity index (χ2n) is 17.3. The average molecular weight is 842 g/mol. The van der Waals surface area contributed by atoms with Gasteiger partial charge in [-0.3, -0.25) is 4.57 Å². The fourth-order valence-electron chi connectivity index (χ4n) is 10.7. The van der Waals surface area contributed by atoms with Gasteiger partial charge in [-0.2, -0.15) is 0 Å². The molecule has 4 aromatic heterocycles. The van der Waals surface area contributed by atoms with E-state index in [9.17, 15) is 0 Å². The van der Waals surface area contributed by atoms with E-state index in [-0.39, 0.29) is 0 Å². The Kier molecular flexibility index (Phi) is 7.95. The number of aromatic nitrogens is 3. The predicted molar refractivity (Wildman–Crippen MR) is 276 cm³/mol. The highest BCUT2D eigenvalue weighted by atomic mass is 16.3. The van der Waals surface area contributed by atoms with Crippen molar-refractivity contribution in [2.24, 2.45) is 0 Å². The molecule has 0 radical (unpaired) electrons. The summed E-state index contributed by atoms with van der Waals surface area (Å²) in [5.74, 6) is 0. The first-order valence-electron chi connectivity index (χ1n) is 22.6. The van der Waals surface area contributed by atoms with Crippen LogP contribution in [0.2, 0.25) is 0 Å². The Bertz CT molecular complexity index is 4190. The summed E-state index contributed by atoms with van der Waals surface area (Å²) >= 11 is 0. The molecule has 66 heavy (non-hydrogen) atoms. The van der Waals surface area contributed by atoms with Gasteiger partial charge in [0.15, 0.2) is 0 Å². The van der Waals surface area contributed by atoms with Crippen LogP contribution < -0.4 is 0 Å². The van der Waals surface area contributed by atoms with E-state index in [0.29, 0.717) is 0 Å². The van der Waals surface area contributed by atoms with E-state index in [2.05, 4.69) is 250 Å². The molecule has 4 nitrogen and oxygen atoms in total. The standard InChI is InChI=1S/C62H39N3O/c1-4-15-40(16-5-1)42-29-34-57-52(37-42)53-39-44(43-30-35-56-51(38-43)49-21-10-12-24-54(49)63(56)45-17-6-2-7-18-45)31-36-58(53)64(57)47-32-27-41(28-33-47)48-23-14-26-59-60(48)61-50-22-11-13-25-55(50)65(62(61)66-59)46-19-8-3-9-20-46/h1-39H. The first kappa shape index (κ1) is 36.6. The second-order valence-corrected chi connectivity index (χ2v) is 17.3. The summed E-state index contributed by atoms with van der Waals surface area (Å²) < 4.78 is 13.8. The Morgan fingerprint density at radius 1 is 0.258 bits per heavy atom. The van der Waals surface area contributed by atoms with Crippen molar-refractivity contribution in [3.63, 3.8) is 0 Å². The Morgan fingerprint density at radius 2 is 0.697 bits per heavy atom. The van der Waals surface area contributed by atoms with Gasteiger partial charge < -0.3 is 13.6 Å². The highest BCUT2D eigenvalue weighted by Gasteiger charge is 2.22. The zero-order chi connectivity index (χ0) is 43.3. The van der Waals surface area contributed by atoms with Crippen molar-refractivity contribution in [1.29, 1.82) is 0 Å².